The molecule has 0 aromatic heterocycles. The van der Waals surface area contributed by atoms with Crippen LogP contribution in [0.3, 0.4) is 0 Å². The second-order valence-electron chi connectivity index (χ2n) is 13.6. The van der Waals surface area contributed by atoms with Crippen molar-refractivity contribution in [2.45, 2.75) is 112 Å². The topological polar surface area (TPSA) is 173 Å². The van der Waals surface area contributed by atoms with Gasteiger partial charge in [0.25, 0.3) is 0 Å². The molecular formula is C32H51N5O7. The molecule has 12 heteroatoms. The summed E-state index contributed by atoms with van der Waals surface area (Å²) >= 11 is 0. The van der Waals surface area contributed by atoms with E-state index in [-0.39, 0.29) is 35.1 Å². The molecule has 3 atom stereocenters. The largest absolute Gasteiger partial charge is 0.612 e. The first-order valence-electron chi connectivity index (χ1n) is 15.2. The number of aliphatic hydroxyl groups excluding tert-OH is 1. The van der Waals surface area contributed by atoms with E-state index < -0.39 is 35.0 Å². The van der Waals surface area contributed by atoms with Gasteiger partial charge in [0.1, 0.15) is 11.6 Å². The average Bonchev–Trinajstić information content (AvgIpc) is 2.88. The van der Waals surface area contributed by atoms with Gasteiger partial charge in [-0.25, -0.2) is 4.79 Å². The van der Waals surface area contributed by atoms with Gasteiger partial charge in [0.2, 0.25) is 5.91 Å². The van der Waals surface area contributed by atoms with Crippen molar-refractivity contribution in [2.75, 3.05) is 11.9 Å². The van der Waals surface area contributed by atoms with E-state index in [4.69, 9.17) is 4.74 Å². The first-order chi connectivity index (χ1) is 20.4. The fourth-order valence-electron chi connectivity index (χ4n) is 4.94. The molecule has 2 rings (SSSR count). The molecule has 0 radical (unpaired) electrons. The van der Waals surface area contributed by atoms with Crippen LogP contribution in [0.4, 0.5) is 10.5 Å². The quantitative estimate of drug-likeness (QED) is 0.0603. The molecule has 2 amide bonds. The summed E-state index contributed by atoms with van der Waals surface area (Å²) in [4.78, 5) is 50.9. The number of rotatable bonds is 14. The van der Waals surface area contributed by atoms with Crippen molar-refractivity contribution in [1.29, 1.82) is 0 Å². The van der Waals surface area contributed by atoms with Gasteiger partial charge in [-0.2, -0.15) is 5.43 Å². The smallest absolute Gasteiger partial charge is 0.412 e. The number of anilines is 1. The maximum atomic E-state index is 13.3. The van der Waals surface area contributed by atoms with E-state index in [0.29, 0.717) is 55.6 Å². The van der Waals surface area contributed by atoms with Crippen LogP contribution in [0.15, 0.2) is 35.5 Å². The van der Waals surface area contributed by atoms with Crippen molar-refractivity contribution in [2.24, 2.45) is 11.3 Å². The predicted octanol–water partition coefficient (Wildman–Crippen LogP) is 2.87. The standard InChI is InChI=1S/C32H51N5O7/c1-20(2)28(35-30(42)44-31(4,5)6)37(43)36-24(29(41)34-23-14-12-22(19-38)13-15-23)11-9-10-16-33-21(3)27-25(39)17-32(7,8)18-26(27)40/h12-15,20,24,28,33,36-38H,9-11,16-19H2,1-8H3,(H,34,41)(H,35,42)/t24-,28+/m0/s1. The average molecular weight is 618 g/mol. The molecule has 0 heterocycles. The maximum Gasteiger partial charge on any atom is 0.412 e. The van der Waals surface area contributed by atoms with Crippen LogP contribution in [0.5, 0.6) is 0 Å². The van der Waals surface area contributed by atoms with E-state index in [1.54, 1.807) is 65.8 Å². The number of allylic oxidation sites excluding steroid dienone is 2. The van der Waals surface area contributed by atoms with E-state index in [2.05, 4.69) is 21.4 Å². The molecular weight excluding hydrogens is 566 g/mol. The summed E-state index contributed by atoms with van der Waals surface area (Å²) < 4.78 is 5.32. The molecule has 1 aromatic rings. The second-order valence-corrected chi connectivity index (χ2v) is 13.6. The third-order valence-electron chi connectivity index (χ3n) is 7.18. The Morgan fingerprint density at radius 3 is 2.18 bits per heavy atom. The summed E-state index contributed by atoms with van der Waals surface area (Å²) in [6.45, 7) is 14.6. The number of alkyl carbamates (subject to hydrolysis) is 1. The minimum Gasteiger partial charge on any atom is -0.612 e. The number of carbonyl (C=O) groups is 4. The highest BCUT2D eigenvalue weighted by molar-refractivity contribution is 6.22. The number of carbonyl (C=O) groups excluding carboxylic acids is 4. The lowest BCUT2D eigenvalue weighted by Crippen LogP contribution is -3.21. The first kappa shape index (κ1) is 36.9. The van der Waals surface area contributed by atoms with Crippen molar-refractivity contribution in [3.05, 3.63) is 46.3 Å². The highest BCUT2D eigenvalue weighted by Gasteiger charge is 2.36. The molecule has 6 N–H and O–H groups in total. The van der Waals surface area contributed by atoms with Crippen molar-refractivity contribution < 1.29 is 34.2 Å². The number of aliphatic hydroxyl groups is 1. The summed E-state index contributed by atoms with van der Waals surface area (Å²) in [7, 11) is 0. The van der Waals surface area contributed by atoms with Gasteiger partial charge in [0.15, 0.2) is 17.7 Å². The van der Waals surface area contributed by atoms with Gasteiger partial charge in [0, 0.05) is 36.7 Å². The van der Waals surface area contributed by atoms with E-state index in [0.717, 1.165) is 0 Å². The number of hydroxylamine groups is 1. The van der Waals surface area contributed by atoms with Crippen LogP contribution >= 0.6 is 0 Å². The molecule has 246 valence electrons. The number of benzene rings is 1. The second kappa shape index (κ2) is 16.1. The number of hydrogen-bond donors (Lipinski definition) is 6. The molecule has 0 aliphatic heterocycles. The molecule has 1 unspecified atom stereocenters. The molecule has 1 aliphatic carbocycles. The van der Waals surface area contributed by atoms with Crippen molar-refractivity contribution in [3.8, 4) is 0 Å². The van der Waals surface area contributed by atoms with E-state index in [1.807, 2.05) is 13.8 Å². The maximum absolute atomic E-state index is 13.3. The van der Waals surface area contributed by atoms with Gasteiger partial charge in [-0.1, -0.05) is 39.8 Å². The summed E-state index contributed by atoms with van der Waals surface area (Å²) in [6.07, 6.45) is 0.429. The Morgan fingerprint density at radius 1 is 1.07 bits per heavy atom. The van der Waals surface area contributed by atoms with Crippen molar-refractivity contribution >= 4 is 29.3 Å². The van der Waals surface area contributed by atoms with Crippen LogP contribution in [-0.4, -0.2) is 53.0 Å². The lowest BCUT2D eigenvalue weighted by molar-refractivity contribution is -0.929. The zero-order valence-electron chi connectivity index (χ0n) is 27.4. The summed E-state index contributed by atoms with van der Waals surface area (Å²) in [6, 6.07) is 5.80. The summed E-state index contributed by atoms with van der Waals surface area (Å²) in [5.74, 6) is -1.01. The summed E-state index contributed by atoms with van der Waals surface area (Å²) in [5.41, 5.74) is 3.71. The van der Waals surface area contributed by atoms with E-state index in [1.165, 1.54) is 0 Å². The van der Waals surface area contributed by atoms with Crippen LogP contribution < -0.4 is 26.5 Å². The minimum atomic E-state index is -0.935. The molecule has 44 heavy (non-hydrogen) atoms. The van der Waals surface area contributed by atoms with Gasteiger partial charge in [-0.05, 0) is 70.1 Å². The number of nitrogens with one attached hydrogen (secondary N) is 5. The minimum absolute atomic E-state index is 0.126. The van der Waals surface area contributed by atoms with Gasteiger partial charge < -0.3 is 25.7 Å². The van der Waals surface area contributed by atoms with Gasteiger partial charge in [-0.3, -0.25) is 24.9 Å². The van der Waals surface area contributed by atoms with E-state index >= 15 is 0 Å². The molecule has 0 spiro atoms. The molecule has 0 saturated heterocycles. The van der Waals surface area contributed by atoms with Gasteiger partial charge in [-0.15, -0.1) is 0 Å². The highest BCUT2D eigenvalue weighted by atomic mass is 16.6. The first-order valence-corrected chi connectivity index (χ1v) is 15.2. The molecule has 1 saturated carbocycles. The van der Waals surface area contributed by atoms with E-state index in [9.17, 15) is 29.5 Å². The number of amides is 2. The third kappa shape index (κ3) is 12.0. The number of ketones is 2. The fourth-order valence-corrected chi connectivity index (χ4v) is 4.94. The zero-order valence-corrected chi connectivity index (χ0v) is 27.4. The zero-order chi connectivity index (χ0) is 33.2. The van der Waals surface area contributed by atoms with Crippen molar-refractivity contribution in [1.82, 2.24) is 16.1 Å². The molecule has 0 bridgehead atoms. The van der Waals surface area contributed by atoms with Gasteiger partial charge in [0.05, 0.1) is 12.2 Å². The normalized spacial score (nSPS) is 17.1. The molecule has 12 nitrogen and oxygen atoms in total. The number of ether oxygens (including phenoxy) is 1. The molecule has 1 aromatic carbocycles. The number of hydrogen-bond acceptors (Lipinski definition) is 9. The lowest BCUT2D eigenvalue weighted by atomic mass is 9.73. The Kier molecular flexibility index (Phi) is 13.5. The van der Waals surface area contributed by atoms with Crippen LogP contribution in [0.1, 0.15) is 93.1 Å². The van der Waals surface area contributed by atoms with Crippen LogP contribution in [-0.2, 0) is 25.7 Å². The highest BCUT2D eigenvalue weighted by Crippen LogP contribution is 2.34. The Morgan fingerprint density at radius 2 is 1.66 bits per heavy atom. The van der Waals surface area contributed by atoms with Gasteiger partial charge >= 0.3 is 6.09 Å². The Hall–Kier alpha value is -3.32. The van der Waals surface area contributed by atoms with Crippen LogP contribution in [0.25, 0.3) is 0 Å². The molecule has 1 aliphatic rings. The molecule has 1 fully saturated rings. The number of Topliss-reactive ketones (excluding diaryl/α,β-unsaturated/α-hetero) is 2. The Bertz CT molecular complexity index is 1170. The Labute approximate surface area is 260 Å². The summed E-state index contributed by atoms with van der Waals surface area (Å²) in [5, 5.41) is 30.7. The Balaban J connectivity index is 2.08. The predicted molar refractivity (Wildman–Crippen MR) is 168 cm³/mol. The monoisotopic (exact) mass is 617 g/mol. The van der Waals surface area contributed by atoms with Crippen molar-refractivity contribution in [3.63, 3.8) is 0 Å². The fraction of sp³-hybridized carbons (Fsp3) is 0.625. The van der Waals surface area contributed by atoms with Crippen LogP contribution in [0.2, 0.25) is 0 Å². The lowest BCUT2D eigenvalue weighted by Gasteiger charge is -2.36. The van der Waals surface area contributed by atoms with Crippen LogP contribution in [0, 0.1) is 16.5 Å². The third-order valence-corrected chi connectivity index (χ3v) is 7.18. The SMILES string of the molecule is CC(NCCCC[C@H](N[NH+]([O-])[C@@H](NC(=O)OC(C)(C)C)C(C)C)C(=O)Nc1ccc(CO)cc1)=C1C(=O)CC(C)(C)CC1=O. The number of unbranched alkanes of at least 4 members (excludes halogenated alkanes) is 1. The number of quaternary nitrogens is 1.